The Morgan fingerprint density at radius 3 is 1.53 bits per heavy atom. The number of rotatable bonds is 2. The fourth-order valence-corrected chi connectivity index (χ4v) is 8.09. The Bertz CT molecular complexity index is 3030. The van der Waals surface area contributed by atoms with Crippen LogP contribution in [-0.4, -0.2) is 40.9 Å². The van der Waals surface area contributed by atoms with E-state index in [2.05, 4.69) is 0 Å². The second-order valence-electron chi connectivity index (χ2n) is 12.8. The molecule has 9 heteroatoms. The average molecular weight is 673 g/mol. The number of aromatic hydroxyl groups is 8. The lowest BCUT2D eigenvalue weighted by atomic mass is 9.83. The van der Waals surface area contributed by atoms with Gasteiger partial charge < -0.3 is 45.3 Å². The molecule has 51 heavy (non-hydrogen) atoms. The zero-order valence-electron chi connectivity index (χ0n) is 26.2. The Labute approximate surface area is 286 Å². The molecule has 0 fully saturated rings. The van der Waals surface area contributed by atoms with Gasteiger partial charge in [0.1, 0.15) is 0 Å². The number of benzene rings is 8. The Kier molecular flexibility index (Phi) is 5.45. The monoisotopic (exact) mass is 672 g/mol. The van der Waals surface area contributed by atoms with Gasteiger partial charge in [0.2, 0.25) is 23.0 Å². The fourth-order valence-electron chi connectivity index (χ4n) is 8.09. The van der Waals surface area contributed by atoms with Crippen LogP contribution in [0, 0.1) is 0 Å². The summed E-state index contributed by atoms with van der Waals surface area (Å²) in [4.78, 5) is 0. The van der Waals surface area contributed by atoms with E-state index in [1.54, 1.807) is 6.07 Å². The van der Waals surface area contributed by atoms with E-state index in [9.17, 15) is 40.9 Å². The summed E-state index contributed by atoms with van der Waals surface area (Å²) in [6, 6.07) is 31.2. The second kappa shape index (κ2) is 9.67. The van der Waals surface area contributed by atoms with Gasteiger partial charge in [0.05, 0.1) is 5.39 Å². The molecule has 0 aliphatic heterocycles. The first-order valence-electron chi connectivity index (χ1n) is 16.0. The van der Waals surface area contributed by atoms with Crippen molar-refractivity contribution >= 4 is 54.3 Å². The molecule has 0 saturated carbocycles. The van der Waals surface area contributed by atoms with Crippen molar-refractivity contribution in [2.75, 3.05) is 0 Å². The van der Waals surface area contributed by atoms with Crippen molar-refractivity contribution in [3.8, 4) is 90.5 Å². The maximum atomic E-state index is 11.8. The highest BCUT2D eigenvalue weighted by Gasteiger charge is 2.37. The molecule has 1 aliphatic carbocycles. The van der Waals surface area contributed by atoms with Crippen molar-refractivity contribution in [1.29, 1.82) is 0 Å². The number of phenolic OH excluding ortho intramolecular Hbond substituents is 8. The summed E-state index contributed by atoms with van der Waals surface area (Å²) in [5, 5.41) is 91.9. The third-order valence-electron chi connectivity index (χ3n) is 10.3. The van der Waals surface area contributed by atoms with Gasteiger partial charge in [0, 0.05) is 32.8 Å². The van der Waals surface area contributed by atoms with Crippen molar-refractivity contribution in [3.05, 3.63) is 97.1 Å². The lowest BCUT2D eigenvalue weighted by molar-refractivity contribution is 0.350. The number of hydrogen-bond donors (Lipinski definition) is 8. The molecule has 0 saturated heterocycles. The van der Waals surface area contributed by atoms with Crippen molar-refractivity contribution in [2.45, 2.75) is 0 Å². The van der Waals surface area contributed by atoms with Crippen LogP contribution in [0.15, 0.2) is 101 Å². The molecule has 0 spiro atoms. The highest BCUT2D eigenvalue weighted by atomic mass is 16.4. The van der Waals surface area contributed by atoms with Gasteiger partial charge in [-0.25, -0.2) is 0 Å². The summed E-state index contributed by atoms with van der Waals surface area (Å²) in [7, 11) is 0. The largest absolute Gasteiger partial charge is 0.504 e. The first-order valence-corrected chi connectivity index (χ1v) is 16.0. The van der Waals surface area contributed by atoms with E-state index in [-0.39, 0.29) is 38.5 Å². The number of furan rings is 1. The van der Waals surface area contributed by atoms with Gasteiger partial charge in [-0.3, -0.25) is 0 Å². The van der Waals surface area contributed by atoms with Crippen LogP contribution < -0.4 is 0 Å². The van der Waals surface area contributed by atoms with Crippen molar-refractivity contribution in [1.82, 2.24) is 0 Å². The van der Waals surface area contributed by atoms with E-state index < -0.39 is 51.4 Å². The summed E-state index contributed by atoms with van der Waals surface area (Å²) < 4.78 is 6.04. The molecule has 8 aromatic carbocycles. The third kappa shape index (κ3) is 3.43. The number of fused-ring (bicyclic) bond motifs is 6. The molecule has 0 radical (unpaired) electrons. The molecular formula is C42H24O9. The third-order valence-corrected chi connectivity index (χ3v) is 10.3. The normalized spacial score (nSPS) is 12.2. The fraction of sp³-hybridized carbons (Fsp3) is 0. The van der Waals surface area contributed by atoms with Crippen molar-refractivity contribution in [2.24, 2.45) is 0 Å². The van der Waals surface area contributed by atoms with Gasteiger partial charge in [-0.1, -0.05) is 97.1 Å². The van der Waals surface area contributed by atoms with Crippen LogP contribution in [0.1, 0.15) is 0 Å². The van der Waals surface area contributed by atoms with Gasteiger partial charge in [-0.05, 0) is 49.4 Å². The maximum absolute atomic E-state index is 11.8. The predicted molar refractivity (Wildman–Crippen MR) is 195 cm³/mol. The Hall–Kier alpha value is -7.26. The van der Waals surface area contributed by atoms with Crippen LogP contribution in [0.25, 0.3) is 98.8 Å². The standard InChI is InChI=1S/C42H24O9/c43-33-28-26-21-10-5-4-9-20(21)24(19-15-13-18(14-16-19)17-7-2-1-3-8-17)22-11-6-12-23(25(22)26)27-29-32(35(45)38(48)37(47)34(29)44)36(46)41-30(27)31(28)42(51-41)40(50)39(33)49/h1-16,43-50H. The molecule has 9 aromatic rings. The first-order chi connectivity index (χ1) is 24.7. The molecule has 0 atom stereocenters. The van der Waals surface area contributed by atoms with Crippen LogP contribution in [0.2, 0.25) is 0 Å². The van der Waals surface area contributed by atoms with Gasteiger partial charge >= 0.3 is 0 Å². The summed E-state index contributed by atoms with van der Waals surface area (Å²) in [5.41, 5.74) is 4.47. The van der Waals surface area contributed by atoms with E-state index in [0.717, 1.165) is 33.0 Å². The maximum Gasteiger partial charge on any atom is 0.205 e. The molecule has 1 aromatic heterocycles. The van der Waals surface area contributed by atoms with E-state index in [1.165, 1.54) is 0 Å². The lowest BCUT2D eigenvalue weighted by Gasteiger charge is -2.21. The molecule has 0 unspecified atom stereocenters. The van der Waals surface area contributed by atoms with Gasteiger partial charge in [0.15, 0.2) is 34.2 Å². The van der Waals surface area contributed by atoms with Crippen LogP contribution in [-0.2, 0) is 0 Å². The van der Waals surface area contributed by atoms with E-state index in [4.69, 9.17) is 4.42 Å². The average Bonchev–Trinajstić information content (AvgIpc) is 3.50. The van der Waals surface area contributed by atoms with E-state index in [0.29, 0.717) is 21.9 Å². The molecule has 0 bridgehead atoms. The predicted octanol–water partition coefficient (Wildman–Crippen LogP) is 9.67. The minimum absolute atomic E-state index is 0.0999. The van der Waals surface area contributed by atoms with Crippen LogP contribution in [0.5, 0.6) is 46.0 Å². The Morgan fingerprint density at radius 2 is 0.824 bits per heavy atom. The van der Waals surface area contributed by atoms with Gasteiger partial charge in [0.25, 0.3) is 0 Å². The number of phenols is 8. The summed E-state index contributed by atoms with van der Waals surface area (Å²) >= 11 is 0. The number of hydrogen-bond acceptors (Lipinski definition) is 9. The van der Waals surface area contributed by atoms with Crippen molar-refractivity contribution < 1.29 is 45.3 Å². The molecule has 246 valence electrons. The van der Waals surface area contributed by atoms with Crippen LogP contribution >= 0.6 is 0 Å². The Morgan fingerprint density at radius 1 is 0.294 bits per heavy atom. The topological polar surface area (TPSA) is 175 Å². The molecular weight excluding hydrogens is 648 g/mol. The van der Waals surface area contributed by atoms with E-state index >= 15 is 0 Å². The quantitative estimate of drug-likeness (QED) is 0.0505. The van der Waals surface area contributed by atoms with E-state index in [1.807, 2.05) is 91.0 Å². The van der Waals surface area contributed by atoms with Crippen LogP contribution in [0.4, 0.5) is 0 Å². The van der Waals surface area contributed by atoms with Crippen molar-refractivity contribution in [3.63, 3.8) is 0 Å². The zero-order valence-corrected chi connectivity index (χ0v) is 26.2. The lowest BCUT2D eigenvalue weighted by Crippen LogP contribution is -1.93. The first kappa shape index (κ1) is 28.7. The molecule has 10 rings (SSSR count). The van der Waals surface area contributed by atoms with Gasteiger partial charge in [-0.2, -0.15) is 0 Å². The highest BCUT2D eigenvalue weighted by Crippen LogP contribution is 2.64. The molecule has 9 nitrogen and oxygen atoms in total. The molecule has 8 N–H and O–H groups in total. The highest BCUT2D eigenvalue weighted by molar-refractivity contribution is 6.38. The molecule has 1 aliphatic rings. The SMILES string of the molecule is Oc1c(O)c2c3c(oc4c(O)c5c(O)c(O)c(O)c(O)c5c(c43)-c3cccc4c(-c5ccc(-c6ccccc6)cc5)c5ccccc5c-2c34)c1O. The second-order valence-corrected chi connectivity index (χ2v) is 12.8. The molecule has 1 heterocycles. The summed E-state index contributed by atoms with van der Waals surface area (Å²) in [6.07, 6.45) is 0. The minimum Gasteiger partial charge on any atom is -0.504 e. The van der Waals surface area contributed by atoms with Gasteiger partial charge in [-0.15, -0.1) is 0 Å². The Balaban J connectivity index is 1.48. The zero-order chi connectivity index (χ0) is 35.0. The minimum atomic E-state index is -1.06. The summed E-state index contributed by atoms with van der Waals surface area (Å²) in [6.45, 7) is 0. The summed E-state index contributed by atoms with van der Waals surface area (Å²) in [5.74, 6) is -6.81. The van der Waals surface area contributed by atoms with Crippen LogP contribution in [0.3, 0.4) is 0 Å². The smallest absolute Gasteiger partial charge is 0.205 e. The molecule has 0 amide bonds.